The molecule has 0 spiro atoms. The molecule has 6 nitrogen and oxygen atoms in total. The van der Waals surface area contributed by atoms with Crippen molar-refractivity contribution in [2.75, 3.05) is 44.3 Å². The molecule has 1 aromatic heterocycles. The van der Waals surface area contributed by atoms with Gasteiger partial charge in [0.25, 0.3) is 5.91 Å². The molecule has 0 radical (unpaired) electrons. The summed E-state index contributed by atoms with van der Waals surface area (Å²) in [6, 6.07) is 11.7. The smallest absolute Gasteiger partial charge is 0.253 e. The van der Waals surface area contributed by atoms with Crippen molar-refractivity contribution in [2.24, 2.45) is 0 Å². The number of nitrogens with one attached hydrogen (secondary N) is 1. The lowest BCUT2D eigenvalue weighted by Gasteiger charge is -2.30. The van der Waals surface area contributed by atoms with Crippen LogP contribution in [0.4, 0.5) is 0 Å². The zero-order valence-corrected chi connectivity index (χ0v) is 16.5. The fourth-order valence-electron chi connectivity index (χ4n) is 3.64. The van der Waals surface area contributed by atoms with Gasteiger partial charge < -0.3 is 15.2 Å². The minimum absolute atomic E-state index is 0.0722. The quantitative estimate of drug-likeness (QED) is 0.812. The van der Waals surface area contributed by atoms with E-state index in [9.17, 15) is 10.1 Å². The number of hydrogen-bond donors (Lipinski definition) is 1. The molecule has 1 aromatic carbocycles. The first-order chi connectivity index (χ1) is 13.7. The first kappa shape index (κ1) is 18.7. The zero-order chi connectivity index (χ0) is 19.5. The van der Waals surface area contributed by atoms with Crippen molar-refractivity contribution in [1.82, 2.24) is 14.9 Å². The maximum absolute atomic E-state index is 12.3. The minimum Gasteiger partial charge on any atom is -0.339 e. The van der Waals surface area contributed by atoms with Gasteiger partial charge in [-0.25, -0.2) is 0 Å². The fourth-order valence-corrected chi connectivity index (χ4v) is 3.97. The molecule has 0 aliphatic carbocycles. The van der Waals surface area contributed by atoms with Crippen LogP contribution < -0.4 is 10.3 Å². The summed E-state index contributed by atoms with van der Waals surface area (Å²) in [7, 11) is 0. The molecule has 28 heavy (non-hydrogen) atoms. The highest BCUT2D eigenvalue weighted by Crippen LogP contribution is 2.25. The van der Waals surface area contributed by atoms with E-state index in [0.29, 0.717) is 15.8 Å². The van der Waals surface area contributed by atoms with E-state index in [1.165, 1.54) is 0 Å². The number of pyridine rings is 1. The van der Waals surface area contributed by atoms with E-state index >= 15 is 0 Å². The van der Waals surface area contributed by atoms with E-state index < -0.39 is 0 Å². The molecule has 0 saturated carbocycles. The number of hydrogen-bond acceptors (Lipinski definition) is 5. The van der Waals surface area contributed by atoms with Crippen molar-refractivity contribution in [3.05, 3.63) is 52.3 Å². The van der Waals surface area contributed by atoms with Crippen LogP contribution in [0.5, 0.6) is 0 Å². The second-order valence-electron chi connectivity index (χ2n) is 7.15. The standard InChI is InChI=1S/C21H23N5OS/c22-15-19-18(7-13-26(21(19)28)25-12-1-8-23-9-14-25)16-3-5-17(6-4-16)20(27)24-10-2-11-24/h3-7,13,23H,1-2,8-12,14H2. The fraction of sp³-hybridized carbons (Fsp3) is 0.381. The van der Waals surface area contributed by atoms with Crippen LogP contribution in [0.2, 0.25) is 0 Å². The molecule has 1 N–H and O–H groups in total. The van der Waals surface area contributed by atoms with Crippen molar-refractivity contribution in [3.8, 4) is 17.2 Å². The summed E-state index contributed by atoms with van der Waals surface area (Å²) in [4.78, 5) is 14.2. The van der Waals surface area contributed by atoms with Gasteiger partial charge in [0, 0.05) is 50.0 Å². The second-order valence-corrected chi connectivity index (χ2v) is 7.53. The van der Waals surface area contributed by atoms with Crippen molar-refractivity contribution >= 4 is 18.1 Å². The summed E-state index contributed by atoms with van der Waals surface area (Å²) >= 11 is 5.65. The lowest BCUT2D eigenvalue weighted by molar-refractivity contribution is 0.0652. The Morgan fingerprint density at radius 2 is 1.82 bits per heavy atom. The summed E-state index contributed by atoms with van der Waals surface area (Å²) in [5, 5.41) is 15.3. The van der Waals surface area contributed by atoms with Gasteiger partial charge in [-0.3, -0.25) is 9.47 Å². The molecule has 3 heterocycles. The van der Waals surface area contributed by atoms with Crippen LogP contribution in [0.1, 0.15) is 28.8 Å². The largest absolute Gasteiger partial charge is 0.339 e. The van der Waals surface area contributed by atoms with Crippen LogP contribution in [0, 0.1) is 16.0 Å². The predicted octanol–water partition coefficient (Wildman–Crippen LogP) is 2.53. The third kappa shape index (κ3) is 3.53. The third-order valence-corrected chi connectivity index (χ3v) is 5.78. The van der Waals surface area contributed by atoms with Crippen LogP contribution in [0.3, 0.4) is 0 Å². The molecule has 2 fully saturated rings. The highest BCUT2D eigenvalue weighted by molar-refractivity contribution is 7.71. The molecular formula is C21H23N5OS. The SMILES string of the molecule is N#Cc1c(-c2ccc(C(=O)N3CCC3)cc2)ccn(N2CCCNCC2)c1=S. The molecule has 144 valence electrons. The highest BCUT2D eigenvalue weighted by atomic mass is 32.1. The van der Waals surface area contributed by atoms with E-state index in [4.69, 9.17) is 12.2 Å². The molecule has 2 saturated heterocycles. The Hall–Kier alpha value is -2.69. The summed E-state index contributed by atoms with van der Waals surface area (Å²) in [5.74, 6) is 0.0722. The molecule has 4 rings (SSSR count). The van der Waals surface area contributed by atoms with E-state index in [-0.39, 0.29) is 5.91 Å². The molecule has 1 amide bonds. The van der Waals surface area contributed by atoms with Crippen LogP contribution in [0.15, 0.2) is 36.5 Å². The predicted molar refractivity (Wildman–Crippen MR) is 111 cm³/mol. The number of benzene rings is 1. The van der Waals surface area contributed by atoms with Crippen LogP contribution in [-0.2, 0) is 0 Å². The number of carbonyl (C=O) groups is 1. The normalized spacial score (nSPS) is 16.8. The van der Waals surface area contributed by atoms with E-state index in [1.54, 1.807) is 0 Å². The lowest BCUT2D eigenvalue weighted by atomic mass is 10.0. The van der Waals surface area contributed by atoms with Gasteiger partial charge in [0.15, 0.2) is 0 Å². The van der Waals surface area contributed by atoms with Gasteiger partial charge in [0.2, 0.25) is 0 Å². The third-order valence-electron chi connectivity index (χ3n) is 5.39. The molecule has 0 bridgehead atoms. The van der Waals surface area contributed by atoms with Gasteiger partial charge in [-0.1, -0.05) is 24.4 Å². The van der Waals surface area contributed by atoms with Gasteiger partial charge in [-0.2, -0.15) is 5.26 Å². The number of nitriles is 1. The number of aromatic nitrogens is 1. The molecule has 2 aliphatic heterocycles. The first-order valence-electron chi connectivity index (χ1n) is 9.70. The van der Waals surface area contributed by atoms with E-state index in [0.717, 1.165) is 63.2 Å². The number of rotatable bonds is 3. The average Bonchev–Trinajstić information content (AvgIpc) is 2.96. The van der Waals surface area contributed by atoms with Gasteiger partial charge >= 0.3 is 0 Å². The highest BCUT2D eigenvalue weighted by Gasteiger charge is 2.21. The van der Waals surface area contributed by atoms with Crippen molar-refractivity contribution in [2.45, 2.75) is 12.8 Å². The van der Waals surface area contributed by atoms with Gasteiger partial charge in [-0.15, -0.1) is 0 Å². The Morgan fingerprint density at radius 3 is 2.50 bits per heavy atom. The Labute approximate surface area is 170 Å². The number of likely N-dealkylation sites (tertiary alicyclic amines) is 1. The van der Waals surface area contributed by atoms with E-state index in [1.807, 2.05) is 46.1 Å². The Kier molecular flexibility index (Phi) is 5.42. The molecule has 0 unspecified atom stereocenters. The van der Waals surface area contributed by atoms with Crippen molar-refractivity contribution in [1.29, 1.82) is 5.26 Å². The minimum atomic E-state index is 0.0722. The van der Waals surface area contributed by atoms with Gasteiger partial charge in [0.1, 0.15) is 10.7 Å². The second kappa shape index (κ2) is 8.13. The number of nitrogens with zero attached hydrogens (tertiary/aromatic N) is 4. The summed E-state index contributed by atoms with van der Waals surface area (Å²) < 4.78 is 2.45. The number of carbonyl (C=O) groups excluding carboxylic acids is 1. The maximum Gasteiger partial charge on any atom is 0.253 e. The number of amides is 1. The zero-order valence-electron chi connectivity index (χ0n) is 15.7. The van der Waals surface area contributed by atoms with Crippen molar-refractivity contribution in [3.63, 3.8) is 0 Å². The Morgan fingerprint density at radius 1 is 1.04 bits per heavy atom. The van der Waals surface area contributed by atoms with Crippen molar-refractivity contribution < 1.29 is 4.79 Å². The van der Waals surface area contributed by atoms with E-state index in [2.05, 4.69) is 16.4 Å². The van der Waals surface area contributed by atoms with Crippen LogP contribution in [-0.4, -0.2) is 54.8 Å². The summed E-state index contributed by atoms with van der Waals surface area (Å²) in [5.41, 5.74) is 2.88. The first-order valence-corrected chi connectivity index (χ1v) is 10.1. The Balaban J connectivity index is 1.64. The van der Waals surface area contributed by atoms with Gasteiger partial charge in [-0.05, 0) is 43.1 Å². The molecule has 2 aliphatic rings. The summed E-state index contributed by atoms with van der Waals surface area (Å²) in [6.07, 6.45) is 4.06. The van der Waals surface area contributed by atoms with Crippen LogP contribution >= 0.6 is 12.2 Å². The monoisotopic (exact) mass is 393 g/mol. The molecule has 0 atom stereocenters. The van der Waals surface area contributed by atoms with Crippen LogP contribution in [0.25, 0.3) is 11.1 Å². The molecule has 2 aromatic rings. The topological polar surface area (TPSA) is 64.3 Å². The molecule has 7 heteroatoms. The van der Waals surface area contributed by atoms with Gasteiger partial charge in [0.05, 0.1) is 5.56 Å². The Bertz CT molecular complexity index is 964. The molecular weight excluding hydrogens is 370 g/mol. The summed E-state index contributed by atoms with van der Waals surface area (Å²) in [6.45, 7) is 5.32. The maximum atomic E-state index is 12.3. The average molecular weight is 394 g/mol. The lowest BCUT2D eigenvalue weighted by Crippen LogP contribution is -2.41.